The van der Waals surface area contributed by atoms with Gasteiger partial charge in [-0.25, -0.2) is 29.9 Å². The largest absolute Gasteiger partial charge is 0.369 e. The van der Waals surface area contributed by atoms with E-state index in [9.17, 15) is 0 Å². The molecule has 0 amide bonds. The summed E-state index contributed by atoms with van der Waals surface area (Å²) in [6.45, 7) is 5.79. The fraction of sp³-hybridized carbons (Fsp3) is 0.417. The van der Waals surface area contributed by atoms with Gasteiger partial charge in [-0.3, -0.25) is 0 Å². The third-order valence-electron chi connectivity index (χ3n) is 5.42. The van der Waals surface area contributed by atoms with E-state index in [1.54, 1.807) is 25.0 Å². The molecule has 4 aromatic rings. The van der Waals surface area contributed by atoms with Crippen LogP contribution in [0.5, 0.6) is 0 Å². The molecule has 34 heavy (non-hydrogen) atoms. The highest BCUT2D eigenvalue weighted by Crippen LogP contribution is 2.17. The molecule has 0 unspecified atom stereocenters. The zero-order valence-corrected chi connectivity index (χ0v) is 19.4. The van der Waals surface area contributed by atoms with Gasteiger partial charge < -0.3 is 21.3 Å². The lowest BCUT2D eigenvalue weighted by Crippen LogP contribution is -2.22. The molecule has 10 nitrogen and oxygen atoms in total. The summed E-state index contributed by atoms with van der Waals surface area (Å²) >= 11 is 0. The van der Waals surface area contributed by atoms with Crippen LogP contribution in [0.4, 0.5) is 11.6 Å². The van der Waals surface area contributed by atoms with Crippen LogP contribution in [0.15, 0.2) is 49.3 Å². The van der Waals surface area contributed by atoms with Crippen molar-refractivity contribution in [3.63, 3.8) is 0 Å². The highest BCUT2D eigenvalue weighted by molar-refractivity contribution is 5.86. The van der Waals surface area contributed by atoms with E-state index in [0.717, 1.165) is 85.8 Å². The highest BCUT2D eigenvalue weighted by Gasteiger charge is 2.03. The Hall–Kier alpha value is -3.50. The molecular weight excluding hydrogens is 428 g/mol. The highest BCUT2D eigenvalue weighted by atomic mass is 15.0. The van der Waals surface area contributed by atoms with Crippen LogP contribution >= 0.6 is 0 Å². The van der Waals surface area contributed by atoms with Crippen LogP contribution in [-0.2, 0) is 0 Å². The molecule has 0 aliphatic rings. The molecule has 4 heterocycles. The number of unbranched alkanes of at least 4 members (excludes halogenated alkanes) is 1. The number of hydrogen-bond donors (Lipinski definition) is 4. The molecule has 0 atom stereocenters. The van der Waals surface area contributed by atoms with Crippen molar-refractivity contribution in [2.24, 2.45) is 0 Å². The van der Waals surface area contributed by atoms with Crippen molar-refractivity contribution in [3.05, 3.63) is 49.3 Å². The van der Waals surface area contributed by atoms with Crippen LogP contribution in [0.3, 0.4) is 0 Å². The zero-order valence-electron chi connectivity index (χ0n) is 19.4. The summed E-state index contributed by atoms with van der Waals surface area (Å²) in [5, 5.41) is 15.7. The molecule has 0 aliphatic heterocycles. The molecule has 0 fully saturated rings. The average molecular weight is 461 g/mol. The van der Waals surface area contributed by atoms with Gasteiger partial charge in [0.1, 0.15) is 24.3 Å². The monoisotopic (exact) mass is 460 g/mol. The second-order valence-electron chi connectivity index (χ2n) is 7.96. The van der Waals surface area contributed by atoms with Crippen LogP contribution in [0, 0.1) is 0 Å². The van der Waals surface area contributed by atoms with Crippen LogP contribution in [0.1, 0.15) is 25.7 Å². The summed E-state index contributed by atoms with van der Waals surface area (Å²) in [5.41, 5.74) is 1.44. The predicted octanol–water partition coefficient (Wildman–Crippen LogP) is 2.63. The Balaban J connectivity index is 0.971. The first kappa shape index (κ1) is 23.7. The molecule has 4 rings (SSSR count). The van der Waals surface area contributed by atoms with Gasteiger partial charge in [-0.1, -0.05) is 0 Å². The average Bonchev–Trinajstić information content (AvgIpc) is 2.89. The SMILES string of the molecule is c1cnc2ncnc(NCCCNCCCCNCCCNc3ncnc4ncccc34)c2c1. The second kappa shape index (κ2) is 13.3. The summed E-state index contributed by atoms with van der Waals surface area (Å²) in [6, 6.07) is 7.80. The number of aromatic nitrogens is 6. The number of anilines is 2. The first-order valence-electron chi connectivity index (χ1n) is 11.9. The molecule has 0 spiro atoms. The Morgan fingerprint density at radius 1 is 0.500 bits per heavy atom. The van der Waals surface area contributed by atoms with Gasteiger partial charge in [-0.05, 0) is 76.1 Å². The van der Waals surface area contributed by atoms with Crippen molar-refractivity contribution in [1.82, 2.24) is 40.5 Å². The Morgan fingerprint density at radius 3 is 1.47 bits per heavy atom. The van der Waals surface area contributed by atoms with Crippen LogP contribution < -0.4 is 21.3 Å². The lowest BCUT2D eigenvalue weighted by atomic mass is 10.3. The Kier molecular flexibility index (Phi) is 9.23. The van der Waals surface area contributed by atoms with Crippen molar-refractivity contribution < 1.29 is 0 Å². The number of nitrogens with zero attached hydrogens (tertiary/aromatic N) is 6. The fourth-order valence-corrected chi connectivity index (χ4v) is 3.66. The van der Waals surface area contributed by atoms with Gasteiger partial charge >= 0.3 is 0 Å². The van der Waals surface area contributed by atoms with Crippen molar-refractivity contribution in [2.45, 2.75) is 25.7 Å². The molecule has 10 heteroatoms. The van der Waals surface area contributed by atoms with Gasteiger partial charge in [-0.15, -0.1) is 0 Å². The van der Waals surface area contributed by atoms with Gasteiger partial charge in [0.15, 0.2) is 11.3 Å². The van der Waals surface area contributed by atoms with E-state index in [0.29, 0.717) is 0 Å². The molecule has 0 saturated carbocycles. The van der Waals surface area contributed by atoms with Gasteiger partial charge in [0.25, 0.3) is 0 Å². The van der Waals surface area contributed by atoms with E-state index in [1.165, 1.54) is 12.8 Å². The minimum atomic E-state index is 0.722. The maximum atomic E-state index is 4.33. The first-order valence-corrected chi connectivity index (χ1v) is 11.9. The standard InChI is InChI=1S/C24H32N10/c1(9-25-11-5-15-29-23-19-7-3-13-27-21(19)31-17-33-23)2-10-26-12-6-16-30-24-20-8-4-14-28-22(20)32-18-34-24/h3-4,7-8,13-14,17-18,25-26H,1-2,5-6,9-12,15-16H2,(H,27,29,31,33)(H,28,30,32,34). The van der Waals surface area contributed by atoms with E-state index in [4.69, 9.17) is 0 Å². The third-order valence-corrected chi connectivity index (χ3v) is 5.42. The van der Waals surface area contributed by atoms with Crippen molar-refractivity contribution >= 4 is 33.7 Å². The number of hydrogen-bond acceptors (Lipinski definition) is 10. The van der Waals surface area contributed by atoms with Crippen molar-refractivity contribution in [2.75, 3.05) is 49.9 Å². The van der Waals surface area contributed by atoms with Crippen LogP contribution in [-0.4, -0.2) is 69.2 Å². The Labute approximate surface area is 199 Å². The van der Waals surface area contributed by atoms with Gasteiger partial charge in [-0.2, -0.15) is 0 Å². The van der Waals surface area contributed by atoms with Crippen molar-refractivity contribution in [3.8, 4) is 0 Å². The summed E-state index contributed by atoms with van der Waals surface area (Å²) in [4.78, 5) is 25.6. The maximum Gasteiger partial charge on any atom is 0.164 e. The smallest absolute Gasteiger partial charge is 0.164 e. The summed E-state index contributed by atoms with van der Waals surface area (Å²) in [5.74, 6) is 1.70. The molecule has 0 saturated heterocycles. The number of rotatable bonds is 15. The van der Waals surface area contributed by atoms with E-state index in [-0.39, 0.29) is 0 Å². The first-order chi connectivity index (χ1) is 16.9. The molecule has 0 bridgehead atoms. The summed E-state index contributed by atoms with van der Waals surface area (Å²) < 4.78 is 0. The van der Waals surface area contributed by atoms with Crippen LogP contribution in [0.25, 0.3) is 22.1 Å². The normalized spacial score (nSPS) is 11.2. The van der Waals surface area contributed by atoms with E-state index in [1.807, 2.05) is 24.3 Å². The maximum absolute atomic E-state index is 4.33. The summed E-state index contributed by atoms with van der Waals surface area (Å²) in [6.07, 6.45) is 11.0. The fourth-order valence-electron chi connectivity index (χ4n) is 3.66. The predicted molar refractivity (Wildman–Crippen MR) is 136 cm³/mol. The molecular formula is C24H32N10. The number of pyridine rings is 2. The van der Waals surface area contributed by atoms with Gasteiger partial charge in [0.05, 0.1) is 10.8 Å². The molecule has 0 aliphatic carbocycles. The lowest BCUT2D eigenvalue weighted by Gasteiger charge is -2.09. The molecule has 0 aromatic carbocycles. The minimum absolute atomic E-state index is 0.722. The Bertz CT molecular complexity index is 1050. The molecule has 4 N–H and O–H groups in total. The number of fused-ring (bicyclic) bond motifs is 2. The van der Waals surface area contributed by atoms with E-state index in [2.05, 4.69) is 51.2 Å². The van der Waals surface area contributed by atoms with Crippen molar-refractivity contribution in [1.29, 1.82) is 0 Å². The summed E-state index contributed by atoms with van der Waals surface area (Å²) in [7, 11) is 0. The second-order valence-corrected chi connectivity index (χ2v) is 7.96. The number of nitrogens with one attached hydrogen (secondary N) is 4. The molecule has 178 valence electrons. The van der Waals surface area contributed by atoms with E-state index < -0.39 is 0 Å². The Morgan fingerprint density at radius 2 is 0.971 bits per heavy atom. The molecule has 4 aromatic heterocycles. The van der Waals surface area contributed by atoms with Crippen LogP contribution in [0.2, 0.25) is 0 Å². The van der Waals surface area contributed by atoms with Gasteiger partial charge in [0.2, 0.25) is 0 Å². The minimum Gasteiger partial charge on any atom is -0.369 e. The molecule has 0 radical (unpaired) electrons. The van der Waals surface area contributed by atoms with Gasteiger partial charge in [0, 0.05) is 25.5 Å². The quantitative estimate of drug-likeness (QED) is 0.197. The third kappa shape index (κ3) is 7.00. The lowest BCUT2D eigenvalue weighted by molar-refractivity contribution is 0.573. The zero-order chi connectivity index (χ0) is 23.3. The van der Waals surface area contributed by atoms with E-state index >= 15 is 0 Å². The topological polar surface area (TPSA) is 125 Å².